The van der Waals surface area contributed by atoms with Crippen molar-refractivity contribution in [1.82, 2.24) is 9.80 Å². The summed E-state index contributed by atoms with van der Waals surface area (Å²) in [5, 5.41) is 0. The highest BCUT2D eigenvalue weighted by Crippen LogP contribution is 2.34. The van der Waals surface area contributed by atoms with Gasteiger partial charge in [0.25, 0.3) is 0 Å². The van der Waals surface area contributed by atoms with Gasteiger partial charge in [-0.15, -0.1) is 24.8 Å². The van der Waals surface area contributed by atoms with Crippen molar-refractivity contribution in [1.29, 1.82) is 0 Å². The van der Waals surface area contributed by atoms with Gasteiger partial charge in [-0.1, -0.05) is 38.8 Å². The van der Waals surface area contributed by atoms with Crippen LogP contribution >= 0.6 is 24.8 Å². The minimum absolute atomic E-state index is 0. The number of carbonyl (C=O) groups is 2. The van der Waals surface area contributed by atoms with Gasteiger partial charge in [-0.3, -0.25) is 19.4 Å². The van der Waals surface area contributed by atoms with Gasteiger partial charge in [0, 0.05) is 64.3 Å². The van der Waals surface area contributed by atoms with Gasteiger partial charge in [0.1, 0.15) is 6.61 Å². The summed E-state index contributed by atoms with van der Waals surface area (Å²) in [6.07, 6.45) is 6.22. The lowest BCUT2D eigenvalue weighted by Gasteiger charge is -2.35. The highest BCUT2D eigenvalue weighted by atomic mass is 35.5. The number of halogens is 2. The molecule has 1 aliphatic carbocycles. The van der Waals surface area contributed by atoms with Crippen LogP contribution in [0.3, 0.4) is 0 Å². The molecule has 1 aromatic rings. The second-order valence-electron chi connectivity index (χ2n) is 8.73. The molecule has 1 amide bonds. The molecule has 34 heavy (non-hydrogen) atoms. The molecular weight excluding hydrogens is 477 g/mol. The van der Waals surface area contributed by atoms with Gasteiger partial charge in [-0.25, -0.2) is 0 Å². The third-order valence-electron chi connectivity index (χ3n) is 6.70. The molecule has 0 aromatic heterocycles. The minimum atomic E-state index is -0.129. The molecule has 1 heterocycles. The van der Waals surface area contributed by atoms with E-state index in [9.17, 15) is 9.59 Å². The van der Waals surface area contributed by atoms with E-state index in [1.54, 1.807) is 0 Å². The molecule has 2 aliphatic rings. The quantitative estimate of drug-likeness (QED) is 0.440. The summed E-state index contributed by atoms with van der Waals surface area (Å²) in [6.45, 7) is 10.5. The molecule has 0 unspecified atom stereocenters. The van der Waals surface area contributed by atoms with Crippen LogP contribution in [0.2, 0.25) is 0 Å². The van der Waals surface area contributed by atoms with Gasteiger partial charge in [-0.05, 0) is 36.5 Å². The Hall–Kier alpha value is -1.38. The standard InChI is InChI=1S/C25H39N3O3.2ClH.H2O/c1-3-24(29)28(23-11-9-22(10-12-23)21-7-5-6-8-21)18-17-26-13-15-27(16-14-26)19-20-31-25(30)4-2;;;/h9-12,21H,3-8,13-20H2,1-2H3;2*1H;1H2. The van der Waals surface area contributed by atoms with Gasteiger partial charge in [0.05, 0.1) is 0 Å². The summed E-state index contributed by atoms with van der Waals surface area (Å²) < 4.78 is 5.19. The van der Waals surface area contributed by atoms with E-state index in [-0.39, 0.29) is 42.2 Å². The number of ether oxygens (including phenoxy) is 1. The number of hydrogen-bond acceptors (Lipinski definition) is 5. The first-order valence-electron chi connectivity index (χ1n) is 12.1. The van der Waals surface area contributed by atoms with Crippen molar-refractivity contribution in [2.75, 3.05) is 57.3 Å². The molecule has 1 aromatic carbocycles. The molecule has 9 heteroatoms. The van der Waals surface area contributed by atoms with E-state index in [0.29, 0.717) is 25.4 Å². The van der Waals surface area contributed by atoms with Gasteiger partial charge in [0.15, 0.2) is 0 Å². The van der Waals surface area contributed by atoms with E-state index < -0.39 is 0 Å². The maximum atomic E-state index is 12.6. The number of piperazine rings is 1. The number of nitrogens with zero attached hydrogens (tertiary/aromatic N) is 3. The highest BCUT2D eigenvalue weighted by molar-refractivity contribution is 5.93. The third kappa shape index (κ3) is 9.70. The summed E-state index contributed by atoms with van der Waals surface area (Å²) in [4.78, 5) is 30.6. The molecular formula is C25H43Cl2N3O4. The smallest absolute Gasteiger partial charge is 0.305 e. The van der Waals surface area contributed by atoms with Crippen molar-refractivity contribution < 1.29 is 19.8 Å². The van der Waals surface area contributed by atoms with Crippen LogP contribution in [-0.2, 0) is 14.3 Å². The van der Waals surface area contributed by atoms with Crippen LogP contribution in [0, 0.1) is 0 Å². The van der Waals surface area contributed by atoms with Crippen molar-refractivity contribution >= 4 is 42.4 Å². The molecule has 2 fully saturated rings. The minimum Gasteiger partial charge on any atom is -0.464 e. The van der Waals surface area contributed by atoms with Crippen molar-refractivity contribution in [2.45, 2.75) is 58.3 Å². The van der Waals surface area contributed by atoms with Crippen LogP contribution in [0.15, 0.2) is 24.3 Å². The average molecular weight is 521 g/mol. The summed E-state index contributed by atoms with van der Waals surface area (Å²) in [7, 11) is 0. The lowest BCUT2D eigenvalue weighted by Crippen LogP contribution is -2.49. The Morgan fingerprint density at radius 2 is 1.47 bits per heavy atom. The van der Waals surface area contributed by atoms with Gasteiger partial charge in [-0.2, -0.15) is 0 Å². The maximum Gasteiger partial charge on any atom is 0.305 e. The highest BCUT2D eigenvalue weighted by Gasteiger charge is 2.21. The zero-order valence-electron chi connectivity index (χ0n) is 20.7. The van der Waals surface area contributed by atoms with Gasteiger partial charge < -0.3 is 15.1 Å². The molecule has 3 rings (SSSR count). The monoisotopic (exact) mass is 519 g/mol. The van der Waals surface area contributed by atoms with Crippen LogP contribution in [0.5, 0.6) is 0 Å². The SMILES string of the molecule is CCC(=O)OCCN1CCN(CCN(C(=O)CC)c2ccc(C3CCCC3)cc2)CC1.Cl.Cl.O. The number of benzene rings is 1. The molecule has 0 radical (unpaired) electrons. The number of amides is 1. The number of hydrogen-bond donors (Lipinski definition) is 0. The van der Waals surface area contributed by atoms with E-state index in [1.165, 1.54) is 31.2 Å². The van der Waals surface area contributed by atoms with E-state index in [4.69, 9.17) is 4.74 Å². The zero-order chi connectivity index (χ0) is 22.1. The molecule has 196 valence electrons. The van der Waals surface area contributed by atoms with Crippen LogP contribution in [0.1, 0.15) is 63.9 Å². The number of carbonyl (C=O) groups excluding carboxylic acids is 2. The Kier molecular flexibility index (Phi) is 16.4. The first-order valence-corrected chi connectivity index (χ1v) is 12.1. The summed E-state index contributed by atoms with van der Waals surface area (Å²) >= 11 is 0. The average Bonchev–Trinajstić information content (AvgIpc) is 3.35. The topological polar surface area (TPSA) is 84.6 Å². The number of anilines is 1. The van der Waals surface area contributed by atoms with Crippen LogP contribution in [0.4, 0.5) is 5.69 Å². The fourth-order valence-corrected chi connectivity index (χ4v) is 4.64. The van der Waals surface area contributed by atoms with Crippen LogP contribution < -0.4 is 4.90 Å². The van der Waals surface area contributed by atoms with Crippen LogP contribution in [0.25, 0.3) is 0 Å². The predicted molar refractivity (Wildman–Crippen MR) is 143 cm³/mol. The fourth-order valence-electron chi connectivity index (χ4n) is 4.64. The first kappa shape index (κ1) is 32.6. The second kappa shape index (κ2) is 17.1. The van der Waals surface area contributed by atoms with Gasteiger partial charge in [0.2, 0.25) is 5.91 Å². The predicted octanol–water partition coefficient (Wildman–Crippen LogP) is 3.68. The van der Waals surface area contributed by atoms with Crippen molar-refractivity contribution in [3.05, 3.63) is 29.8 Å². The van der Waals surface area contributed by atoms with Crippen LogP contribution in [-0.4, -0.2) is 79.6 Å². The number of esters is 1. The van der Waals surface area contributed by atoms with Crippen molar-refractivity contribution in [2.24, 2.45) is 0 Å². The second-order valence-corrected chi connectivity index (χ2v) is 8.73. The first-order chi connectivity index (χ1) is 15.1. The van der Waals surface area contributed by atoms with Gasteiger partial charge >= 0.3 is 5.97 Å². The summed E-state index contributed by atoms with van der Waals surface area (Å²) in [5.41, 5.74) is 2.44. The maximum absolute atomic E-state index is 12.6. The zero-order valence-corrected chi connectivity index (χ0v) is 22.3. The van der Waals surface area contributed by atoms with Crippen molar-refractivity contribution in [3.8, 4) is 0 Å². The molecule has 0 spiro atoms. The lowest BCUT2D eigenvalue weighted by atomic mass is 9.97. The Balaban J connectivity index is 0.00000363. The fraction of sp³-hybridized carbons (Fsp3) is 0.680. The lowest BCUT2D eigenvalue weighted by molar-refractivity contribution is -0.143. The molecule has 1 saturated carbocycles. The molecule has 1 saturated heterocycles. The molecule has 2 N–H and O–H groups in total. The third-order valence-corrected chi connectivity index (χ3v) is 6.70. The Labute approximate surface area is 217 Å². The molecule has 1 aliphatic heterocycles. The van der Waals surface area contributed by atoms with E-state index in [0.717, 1.165) is 51.5 Å². The van der Waals surface area contributed by atoms with Crippen molar-refractivity contribution in [3.63, 3.8) is 0 Å². The van der Waals surface area contributed by atoms with E-state index >= 15 is 0 Å². The summed E-state index contributed by atoms with van der Waals surface area (Å²) in [5.74, 6) is 0.756. The number of rotatable bonds is 10. The Morgan fingerprint density at radius 1 is 0.912 bits per heavy atom. The largest absolute Gasteiger partial charge is 0.464 e. The normalized spacial score (nSPS) is 16.6. The summed E-state index contributed by atoms with van der Waals surface area (Å²) in [6, 6.07) is 8.73. The van der Waals surface area contributed by atoms with E-state index in [1.807, 2.05) is 18.7 Å². The molecule has 7 nitrogen and oxygen atoms in total. The molecule has 0 bridgehead atoms. The Morgan fingerprint density at radius 3 is 2.00 bits per heavy atom. The van der Waals surface area contributed by atoms with E-state index in [2.05, 4.69) is 34.1 Å². The molecule has 0 atom stereocenters. The Bertz CT molecular complexity index is 707.